The van der Waals surface area contributed by atoms with Crippen LogP contribution < -0.4 is 20.3 Å². The van der Waals surface area contributed by atoms with E-state index in [0.29, 0.717) is 12.3 Å². The van der Waals surface area contributed by atoms with Crippen molar-refractivity contribution < 1.29 is 14.3 Å². The first-order valence-electron chi connectivity index (χ1n) is 7.86. The van der Waals surface area contributed by atoms with Crippen LogP contribution in [0.5, 0.6) is 5.75 Å². The number of hydrogen-bond acceptors (Lipinski definition) is 4. The molecule has 8 heteroatoms. The van der Waals surface area contributed by atoms with Crippen molar-refractivity contribution in [1.82, 2.24) is 10.6 Å². The number of hydrogen-bond donors (Lipinski definition) is 2. The summed E-state index contributed by atoms with van der Waals surface area (Å²) in [4.78, 5) is 25.8. The van der Waals surface area contributed by atoms with E-state index in [1.165, 1.54) is 0 Å². The molecule has 2 aliphatic heterocycles. The topological polar surface area (TPSA) is 70.7 Å². The molecular formula is C16H21BrClN3O3. The van der Waals surface area contributed by atoms with E-state index in [-0.39, 0.29) is 43.3 Å². The van der Waals surface area contributed by atoms with Gasteiger partial charge in [-0.2, -0.15) is 0 Å². The van der Waals surface area contributed by atoms with Crippen molar-refractivity contribution in [1.29, 1.82) is 0 Å². The molecule has 2 aliphatic rings. The fourth-order valence-corrected chi connectivity index (χ4v) is 3.25. The summed E-state index contributed by atoms with van der Waals surface area (Å²) in [5.41, 5.74) is 0.719. The van der Waals surface area contributed by atoms with Crippen molar-refractivity contribution >= 4 is 45.8 Å². The molecule has 0 bridgehead atoms. The first kappa shape index (κ1) is 19.0. The Morgan fingerprint density at radius 2 is 2.29 bits per heavy atom. The van der Waals surface area contributed by atoms with Gasteiger partial charge in [0.05, 0.1) is 5.69 Å². The summed E-state index contributed by atoms with van der Waals surface area (Å²) in [6, 6.07) is 5.73. The van der Waals surface area contributed by atoms with Crippen molar-refractivity contribution in [3.05, 3.63) is 22.7 Å². The number of carbonyl (C=O) groups excluding carboxylic acids is 2. The minimum Gasteiger partial charge on any atom is -0.482 e. The second kappa shape index (κ2) is 8.69. The lowest BCUT2D eigenvalue weighted by molar-refractivity contribution is -0.122. The zero-order chi connectivity index (χ0) is 16.2. The molecule has 2 N–H and O–H groups in total. The third-order valence-corrected chi connectivity index (χ3v) is 4.58. The maximum absolute atomic E-state index is 12.1. The Labute approximate surface area is 155 Å². The Kier molecular flexibility index (Phi) is 6.89. The van der Waals surface area contributed by atoms with Crippen LogP contribution in [0.3, 0.4) is 0 Å². The van der Waals surface area contributed by atoms with E-state index in [1.807, 2.05) is 18.2 Å². The van der Waals surface area contributed by atoms with Gasteiger partial charge in [0.15, 0.2) is 6.61 Å². The highest BCUT2D eigenvalue weighted by Crippen LogP contribution is 2.34. The zero-order valence-corrected chi connectivity index (χ0v) is 15.6. The van der Waals surface area contributed by atoms with Gasteiger partial charge >= 0.3 is 0 Å². The monoisotopic (exact) mass is 417 g/mol. The van der Waals surface area contributed by atoms with Crippen LogP contribution in [0.4, 0.5) is 5.69 Å². The summed E-state index contributed by atoms with van der Waals surface area (Å²) in [7, 11) is 0. The fourth-order valence-electron chi connectivity index (χ4n) is 2.91. The number of rotatable bonds is 4. The van der Waals surface area contributed by atoms with E-state index in [1.54, 1.807) is 4.90 Å². The number of fused-ring (bicyclic) bond motifs is 1. The van der Waals surface area contributed by atoms with E-state index in [4.69, 9.17) is 4.74 Å². The van der Waals surface area contributed by atoms with Gasteiger partial charge in [-0.15, -0.1) is 12.4 Å². The molecular weight excluding hydrogens is 398 g/mol. The van der Waals surface area contributed by atoms with Crippen molar-refractivity contribution in [3.63, 3.8) is 0 Å². The minimum absolute atomic E-state index is 0. The molecule has 0 aliphatic carbocycles. The highest BCUT2D eigenvalue weighted by molar-refractivity contribution is 9.10. The Bertz CT molecular complexity index is 608. The Morgan fingerprint density at radius 3 is 3.04 bits per heavy atom. The van der Waals surface area contributed by atoms with Crippen LogP contribution >= 0.6 is 28.3 Å². The van der Waals surface area contributed by atoms with Crippen LogP contribution in [0.15, 0.2) is 22.7 Å². The molecule has 6 nitrogen and oxygen atoms in total. The predicted molar refractivity (Wildman–Crippen MR) is 97.9 cm³/mol. The van der Waals surface area contributed by atoms with E-state index in [0.717, 1.165) is 36.1 Å². The largest absolute Gasteiger partial charge is 0.482 e. The van der Waals surface area contributed by atoms with Crippen molar-refractivity contribution in [2.75, 3.05) is 31.1 Å². The van der Waals surface area contributed by atoms with Gasteiger partial charge in [0, 0.05) is 30.0 Å². The highest BCUT2D eigenvalue weighted by atomic mass is 79.9. The smallest absolute Gasteiger partial charge is 0.265 e. The SMILES string of the molecule is Cl.O=C(CCN1C(=O)COc2cc(Br)ccc21)N[C@H]1CCCNC1. The summed E-state index contributed by atoms with van der Waals surface area (Å²) in [6.45, 7) is 2.21. The molecule has 1 aromatic rings. The number of ether oxygens (including phenoxy) is 1. The number of halogens is 2. The molecule has 0 radical (unpaired) electrons. The quantitative estimate of drug-likeness (QED) is 0.783. The van der Waals surface area contributed by atoms with Crippen LogP contribution in [-0.2, 0) is 9.59 Å². The van der Waals surface area contributed by atoms with Gasteiger partial charge in [-0.05, 0) is 37.6 Å². The fraction of sp³-hybridized carbons (Fsp3) is 0.500. The van der Waals surface area contributed by atoms with E-state index in [2.05, 4.69) is 26.6 Å². The van der Waals surface area contributed by atoms with Gasteiger partial charge in [-0.3, -0.25) is 9.59 Å². The maximum Gasteiger partial charge on any atom is 0.265 e. The van der Waals surface area contributed by atoms with Crippen LogP contribution in [0.1, 0.15) is 19.3 Å². The van der Waals surface area contributed by atoms with Gasteiger partial charge in [0.2, 0.25) is 5.91 Å². The molecule has 2 heterocycles. The molecule has 2 amide bonds. The van der Waals surface area contributed by atoms with Crippen molar-refractivity contribution in [3.8, 4) is 5.75 Å². The number of nitrogens with zero attached hydrogens (tertiary/aromatic N) is 1. The Hall–Kier alpha value is -1.31. The Balaban J connectivity index is 0.00000208. The predicted octanol–water partition coefficient (Wildman–Crippen LogP) is 1.85. The number of piperidine rings is 1. The second-order valence-electron chi connectivity index (χ2n) is 5.81. The summed E-state index contributed by atoms with van der Waals surface area (Å²) in [5.74, 6) is 0.527. The first-order valence-corrected chi connectivity index (χ1v) is 8.65. The maximum atomic E-state index is 12.1. The van der Waals surface area contributed by atoms with Crippen LogP contribution in [0.2, 0.25) is 0 Å². The molecule has 0 aromatic heterocycles. The van der Waals surface area contributed by atoms with Crippen molar-refractivity contribution in [2.24, 2.45) is 0 Å². The third kappa shape index (κ3) is 4.62. The first-order chi connectivity index (χ1) is 11.1. The molecule has 1 atom stereocenters. The molecule has 0 unspecified atom stereocenters. The van der Waals surface area contributed by atoms with Crippen molar-refractivity contribution in [2.45, 2.75) is 25.3 Å². The lowest BCUT2D eigenvalue weighted by atomic mass is 10.1. The van der Waals surface area contributed by atoms with E-state index in [9.17, 15) is 9.59 Å². The van der Waals surface area contributed by atoms with Gasteiger partial charge in [0.1, 0.15) is 5.75 Å². The average molecular weight is 419 g/mol. The molecule has 3 rings (SSSR count). The summed E-state index contributed by atoms with van der Waals surface area (Å²) in [5, 5.41) is 6.30. The van der Waals surface area contributed by atoms with Crippen LogP contribution in [0, 0.1) is 0 Å². The number of benzene rings is 1. The van der Waals surface area contributed by atoms with Gasteiger partial charge in [-0.25, -0.2) is 0 Å². The average Bonchev–Trinajstić information content (AvgIpc) is 2.55. The van der Waals surface area contributed by atoms with Gasteiger partial charge < -0.3 is 20.3 Å². The molecule has 0 spiro atoms. The number of anilines is 1. The van der Waals surface area contributed by atoms with E-state index >= 15 is 0 Å². The number of nitrogens with one attached hydrogen (secondary N) is 2. The molecule has 1 fully saturated rings. The lowest BCUT2D eigenvalue weighted by Gasteiger charge is -2.30. The van der Waals surface area contributed by atoms with Crippen LogP contribution in [0.25, 0.3) is 0 Å². The molecule has 0 saturated carbocycles. The molecule has 132 valence electrons. The summed E-state index contributed by atoms with van der Waals surface area (Å²) < 4.78 is 6.34. The molecule has 1 aromatic carbocycles. The second-order valence-corrected chi connectivity index (χ2v) is 6.72. The Morgan fingerprint density at radius 1 is 1.46 bits per heavy atom. The van der Waals surface area contributed by atoms with Gasteiger partial charge in [-0.1, -0.05) is 15.9 Å². The summed E-state index contributed by atoms with van der Waals surface area (Å²) in [6.07, 6.45) is 2.37. The van der Waals surface area contributed by atoms with E-state index < -0.39 is 0 Å². The normalized spacial score (nSPS) is 19.8. The van der Waals surface area contributed by atoms with Gasteiger partial charge in [0.25, 0.3) is 5.91 Å². The molecule has 24 heavy (non-hydrogen) atoms. The lowest BCUT2D eigenvalue weighted by Crippen LogP contribution is -2.47. The summed E-state index contributed by atoms with van der Waals surface area (Å²) >= 11 is 3.39. The highest BCUT2D eigenvalue weighted by Gasteiger charge is 2.26. The minimum atomic E-state index is -0.119. The zero-order valence-electron chi connectivity index (χ0n) is 13.2. The van der Waals surface area contributed by atoms with Crippen LogP contribution in [-0.4, -0.2) is 44.1 Å². The molecule has 1 saturated heterocycles. The third-order valence-electron chi connectivity index (χ3n) is 4.09. The number of amides is 2. The standard InChI is InChI=1S/C16H20BrN3O3.ClH/c17-11-3-4-13-14(8-11)23-10-16(22)20(13)7-5-15(21)19-12-2-1-6-18-9-12;/h3-4,8,12,18H,1-2,5-7,9-10H2,(H,19,21);1H/t12-;/m0./s1. The number of carbonyl (C=O) groups is 2.